The van der Waals surface area contributed by atoms with Gasteiger partial charge in [0, 0.05) is 39.0 Å². The molecular formula is C11H20N2O2. The molecule has 0 aliphatic carbocycles. The lowest BCUT2D eigenvalue weighted by atomic mass is 9.91. The highest BCUT2D eigenvalue weighted by atomic mass is 16.6. The Morgan fingerprint density at radius 1 is 1.33 bits per heavy atom. The van der Waals surface area contributed by atoms with E-state index in [1.54, 1.807) is 4.90 Å². The van der Waals surface area contributed by atoms with Crippen molar-refractivity contribution in [2.45, 2.75) is 38.3 Å². The van der Waals surface area contributed by atoms with E-state index in [0.29, 0.717) is 6.04 Å². The summed E-state index contributed by atoms with van der Waals surface area (Å²) in [5.74, 6) is 0. The van der Waals surface area contributed by atoms with Gasteiger partial charge in [0.05, 0.1) is 6.54 Å². The van der Waals surface area contributed by atoms with Gasteiger partial charge in [0.1, 0.15) is 5.60 Å². The molecule has 0 aromatic rings. The minimum absolute atomic E-state index is 0.159. The minimum atomic E-state index is -0.183. The summed E-state index contributed by atoms with van der Waals surface area (Å²) in [5.41, 5.74) is -0.183. The Balaban J connectivity index is 1.96. The van der Waals surface area contributed by atoms with Crippen molar-refractivity contribution in [2.75, 3.05) is 26.7 Å². The number of amides is 1. The van der Waals surface area contributed by atoms with Crippen molar-refractivity contribution in [1.29, 1.82) is 0 Å². The third-order valence-electron chi connectivity index (χ3n) is 3.58. The Kier molecular flexibility index (Phi) is 2.63. The van der Waals surface area contributed by atoms with Crippen LogP contribution in [0.15, 0.2) is 0 Å². The van der Waals surface area contributed by atoms with Crippen molar-refractivity contribution in [1.82, 2.24) is 9.80 Å². The molecule has 86 valence electrons. The summed E-state index contributed by atoms with van der Waals surface area (Å²) < 4.78 is 5.49. The van der Waals surface area contributed by atoms with E-state index in [9.17, 15) is 4.79 Å². The Labute approximate surface area is 91.2 Å². The van der Waals surface area contributed by atoms with E-state index in [1.165, 1.54) is 0 Å². The summed E-state index contributed by atoms with van der Waals surface area (Å²) >= 11 is 0. The summed E-state index contributed by atoms with van der Waals surface area (Å²) in [6.45, 7) is 7.27. The smallest absolute Gasteiger partial charge is 0.410 e. The fourth-order valence-electron chi connectivity index (χ4n) is 2.50. The summed E-state index contributed by atoms with van der Waals surface area (Å²) in [4.78, 5) is 15.5. The number of ether oxygens (including phenoxy) is 1. The molecule has 2 aliphatic rings. The van der Waals surface area contributed by atoms with Crippen molar-refractivity contribution in [3.05, 3.63) is 0 Å². The monoisotopic (exact) mass is 212 g/mol. The molecule has 1 spiro atoms. The second-order valence-electron chi connectivity index (χ2n) is 5.04. The fraction of sp³-hybridized carbons (Fsp3) is 0.909. The van der Waals surface area contributed by atoms with Gasteiger partial charge >= 0.3 is 6.09 Å². The number of piperidine rings is 1. The number of carbonyl (C=O) groups excluding carboxylic acids is 1. The van der Waals surface area contributed by atoms with Gasteiger partial charge in [-0.15, -0.1) is 0 Å². The van der Waals surface area contributed by atoms with Crippen LogP contribution < -0.4 is 0 Å². The predicted octanol–water partition coefficient (Wildman–Crippen LogP) is 1.31. The van der Waals surface area contributed by atoms with E-state index >= 15 is 0 Å². The second kappa shape index (κ2) is 3.67. The summed E-state index contributed by atoms with van der Waals surface area (Å²) in [6, 6.07) is 0.595. The van der Waals surface area contributed by atoms with Gasteiger partial charge in [0.15, 0.2) is 0 Å². The van der Waals surface area contributed by atoms with Crippen LogP contribution in [-0.4, -0.2) is 54.2 Å². The topological polar surface area (TPSA) is 32.8 Å². The Bertz CT molecular complexity index is 257. The number of likely N-dealkylation sites (tertiary alicyclic amines) is 1. The Morgan fingerprint density at radius 3 is 2.33 bits per heavy atom. The van der Waals surface area contributed by atoms with Crippen molar-refractivity contribution in [3.63, 3.8) is 0 Å². The maximum absolute atomic E-state index is 11.4. The second-order valence-corrected chi connectivity index (χ2v) is 5.04. The SMILES string of the molecule is CC(C)N1CCC2(CC1)CN(C)C(=O)O2. The third kappa shape index (κ3) is 1.95. The van der Waals surface area contributed by atoms with Gasteiger partial charge in [-0.25, -0.2) is 4.79 Å². The number of carbonyl (C=O) groups is 1. The molecule has 4 heteroatoms. The average Bonchev–Trinajstić information content (AvgIpc) is 2.43. The van der Waals surface area contributed by atoms with Gasteiger partial charge in [-0.2, -0.15) is 0 Å². The van der Waals surface area contributed by atoms with E-state index in [0.717, 1.165) is 32.5 Å². The van der Waals surface area contributed by atoms with Gasteiger partial charge in [0.25, 0.3) is 0 Å². The summed E-state index contributed by atoms with van der Waals surface area (Å²) in [6.07, 6.45) is 1.79. The maximum atomic E-state index is 11.4. The van der Waals surface area contributed by atoms with E-state index in [-0.39, 0.29) is 11.7 Å². The molecule has 4 nitrogen and oxygen atoms in total. The Morgan fingerprint density at radius 2 is 1.93 bits per heavy atom. The first-order valence-corrected chi connectivity index (χ1v) is 5.71. The first-order valence-electron chi connectivity index (χ1n) is 5.71. The standard InChI is InChI=1S/C11H20N2O2/c1-9(2)13-6-4-11(5-7-13)8-12(3)10(14)15-11/h9H,4-8H2,1-3H3. The lowest BCUT2D eigenvalue weighted by Gasteiger charge is -2.39. The van der Waals surface area contributed by atoms with E-state index in [1.807, 2.05) is 7.05 Å². The zero-order valence-electron chi connectivity index (χ0n) is 9.82. The highest BCUT2D eigenvalue weighted by Crippen LogP contribution is 2.32. The van der Waals surface area contributed by atoms with Gasteiger partial charge in [0.2, 0.25) is 0 Å². The van der Waals surface area contributed by atoms with Crippen LogP contribution >= 0.6 is 0 Å². The molecule has 2 saturated heterocycles. The van der Waals surface area contributed by atoms with Crippen LogP contribution in [0.2, 0.25) is 0 Å². The summed E-state index contributed by atoms with van der Waals surface area (Å²) in [5, 5.41) is 0. The predicted molar refractivity (Wildman–Crippen MR) is 57.8 cm³/mol. The molecule has 0 radical (unpaired) electrons. The van der Waals surface area contributed by atoms with Crippen LogP contribution in [0, 0.1) is 0 Å². The lowest BCUT2D eigenvalue weighted by Crippen LogP contribution is -2.48. The average molecular weight is 212 g/mol. The molecule has 0 aromatic heterocycles. The van der Waals surface area contributed by atoms with E-state index < -0.39 is 0 Å². The molecule has 0 atom stereocenters. The molecule has 0 unspecified atom stereocenters. The van der Waals surface area contributed by atoms with Crippen molar-refractivity contribution < 1.29 is 9.53 Å². The van der Waals surface area contributed by atoms with Crippen LogP contribution in [0.5, 0.6) is 0 Å². The van der Waals surface area contributed by atoms with Gasteiger partial charge in [-0.1, -0.05) is 0 Å². The van der Waals surface area contributed by atoms with Gasteiger partial charge in [-0.3, -0.25) is 0 Å². The molecule has 2 fully saturated rings. The van der Waals surface area contributed by atoms with Crippen LogP contribution in [0.1, 0.15) is 26.7 Å². The highest BCUT2D eigenvalue weighted by Gasteiger charge is 2.45. The fourth-order valence-corrected chi connectivity index (χ4v) is 2.50. The molecule has 0 saturated carbocycles. The molecule has 0 aromatic carbocycles. The number of hydrogen-bond acceptors (Lipinski definition) is 3. The third-order valence-corrected chi connectivity index (χ3v) is 3.58. The molecule has 0 N–H and O–H groups in total. The molecule has 1 amide bonds. The maximum Gasteiger partial charge on any atom is 0.410 e. The number of hydrogen-bond donors (Lipinski definition) is 0. The Hall–Kier alpha value is -0.770. The van der Waals surface area contributed by atoms with Crippen LogP contribution in [0.4, 0.5) is 4.79 Å². The summed E-state index contributed by atoms with van der Waals surface area (Å²) in [7, 11) is 1.81. The molecule has 0 bridgehead atoms. The zero-order valence-corrected chi connectivity index (χ0v) is 9.82. The van der Waals surface area contributed by atoms with Crippen molar-refractivity contribution in [3.8, 4) is 0 Å². The van der Waals surface area contributed by atoms with Gasteiger partial charge < -0.3 is 14.5 Å². The largest absolute Gasteiger partial charge is 0.441 e. The lowest BCUT2D eigenvalue weighted by molar-refractivity contribution is -0.00630. The van der Waals surface area contributed by atoms with Crippen LogP contribution in [-0.2, 0) is 4.74 Å². The first kappa shape index (κ1) is 10.7. The number of nitrogens with zero attached hydrogens (tertiary/aromatic N) is 2. The van der Waals surface area contributed by atoms with E-state index in [2.05, 4.69) is 18.7 Å². The van der Waals surface area contributed by atoms with Crippen molar-refractivity contribution >= 4 is 6.09 Å². The van der Waals surface area contributed by atoms with Crippen LogP contribution in [0.3, 0.4) is 0 Å². The quantitative estimate of drug-likeness (QED) is 0.657. The molecule has 2 heterocycles. The molecule has 2 rings (SSSR count). The molecule has 15 heavy (non-hydrogen) atoms. The zero-order chi connectivity index (χ0) is 11.1. The highest BCUT2D eigenvalue weighted by molar-refractivity contribution is 5.70. The van der Waals surface area contributed by atoms with Gasteiger partial charge in [-0.05, 0) is 13.8 Å². The van der Waals surface area contributed by atoms with E-state index in [4.69, 9.17) is 4.74 Å². The van der Waals surface area contributed by atoms with Crippen LogP contribution in [0.25, 0.3) is 0 Å². The molecular weight excluding hydrogens is 192 g/mol. The van der Waals surface area contributed by atoms with Crippen molar-refractivity contribution in [2.24, 2.45) is 0 Å². The number of likely N-dealkylation sites (N-methyl/N-ethyl adjacent to an activating group) is 1. The first-order chi connectivity index (χ1) is 7.02. The number of rotatable bonds is 1. The minimum Gasteiger partial charge on any atom is -0.441 e. The molecule has 2 aliphatic heterocycles. The normalized spacial score (nSPS) is 26.4.